The van der Waals surface area contributed by atoms with Gasteiger partial charge in [-0.3, -0.25) is 0 Å². The first-order valence-corrected chi connectivity index (χ1v) is 6.57. The maximum atomic E-state index is 11.1. The van der Waals surface area contributed by atoms with Gasteiger partial charge in [-0.05, 0) is 33.1 Å². The number of rotatable bonds is 9. The molecular weight excluding hydrogens is 268 g/mol. The molecule has 3 N–H and O–H groups in total. The number of carbonyl (C=O) groups excluding carboxylic acids is 2. The fourth-order valence-electron chi connectivity index (χ4n) is 1.42. The highest BCUT2D eigenvalue weighted by Crippen LogP contribution is 2.01. The lowest BCUT2D eigenvalue weighted by Crippen LogP contribution is -2.41. The number of carbonyl (C=O) groups is 3. The molecule has 0 bridgehead atoms. The zero-order valence-electron chi connectivity index (χ0n) is 11.8. The van der Waals surface area contributed by atoms with Crippen LogP contribution in [0.2, 0.25) is 0 Å². The molecule has 0 radical (unpaired) electrons. The van der Waals surface area contributed by atoms with Crippen molar-refractivity contribution >= 4 is 18.2 Å². The Hall–Kier alpha value is -1.99. The molecule has 0 saturated heterocycles. The van der Waals surface area contributed by atoms with Gasteiger partial charge in [0.1, 0.15) is 6.04 Å². The molecular formula is C12H22N2O6. The van der Waals surface area contributed by atoms with E-state index in [4.69, 9.17) is 5.11 Å². The average molecular weight is 290 g/mol. The van der Waals surface area contributed by atoms with Gasteiger partial charge in [-0.2, -0.15) is 0 Å². The van der Waals surface area contributed by atoms with E-state index < -0.39 is 24.2 Å². The van der Waals surface area contributed by atoms with E-state index in [0.29, 0.717) is 26.0 Å². The molecule has 1 atom stereocenters. The van der Waals surface area contributed by atoms with Crippen molar-refractivity contribution in [2.45, 2.75) is 39.2 Å². The number of carboxylic acid groups (broad SMARTS) is 1. The van der Waals surface area contributed by atoms with Crippen molar-refractivity contribution in [3.63, 3.8) is 0 Å². The van der Waals surface area contributed by atoms with Crippen molar-refractivity contribution < 1.29 is 29.0 Å². The molecule has 0 aliphatic rings. The van der Waals surface area contributed by atoms with Crippen molar-refractivity contribution in [2.75, 3.05) is 19.8 Å². The molecule has 0 fully saturated rings. The Morgan fingerprint density at radius 1 is 1.05 bits per heavy atom. The number of hydrogen-bond acceptors (Lipinski definition) is 5. The number of alkyl carbamates (subject to hydrolysis) is 2. The van der Waals surface area contributed by atoms with Crippen LogP contribution in [0.25, 0.3) is 0 Å². The van der Waals surface area contributed by atoms with E-state index in [9.17, 15) is 14.4 Å². The first-order chi connectivity index (χ1) is 9.51. The van der Waals surface area contributed by atoms with E-state index in [1.165, 1.54) is 0 Å². The van der Waals surface area contributed by atoms with Crippen LogP contribution < -0.4 is 10.6 Å². The number of ether oxygens (including phenoxy) is 2. The number of unbranched alkanes of at least 4 members (excludes halogenated alkanes) is 1. The molecule has 0 saturated carbocycles. The van der Waals surface area contributed by atoms with Crippen molar-refractivity contribution in [3.05, 3.63) is 0 Å². The Morgan fingerprint density at radius 3 is 2.20 bits per heavy atom. The minimum atomic E-state index is -1.11. The normalized spacial score (nSPS) is 11.3. The Labute approximate surface area is 117 Å². The van der Waals surface area contributed by atoms with Gasteiger partial charge in [-0.25, -0.2) is 14.4 Å². The van der Waals surface area contributed by atoms with Crippen LogP contribution in [0.3, 0.4) is 0 Å². The number of nitrogens with one attached hydrogen (secondary N) is 2. The largest absolute Gasteiger partial charge is 0.480 e. The predicted octanol–water partition coefficient (Wildman–Crippen LogP) is 1.10. The fraction of sp³-hybridized carbons (Fsp3) is 0.750. The fourth-order valence-corrected chi connectivity index (χ4v) is 1.42. The summed E-state index contributed by atoms with van der Waals surface area (Å²) in [5, 5.41) is 13.7. The summed E-state index contributed by atoms with van der Waals surface area (Å²) in [6, 6.07) is -0.989. The molecule has 0 aliphatic carbocycles. The first-order valence-electron chi connectivity index (χ1n) is 6.57. The third kappa shape index (κ3) is 9.01. The third-order valence-corrected chi connectivity index (χ3v) is 2.33. The monoisotopic (exact) mass is 290 g/mol. The second kappa shape index (κ2) is 10.9. The van der Waals surface area contributed by atoms with Crippen LogP contribution in [0.4, 0.5) is 9.59 Å². The highest BCUT2D eigenvalue weighted by molar-refractivity contribution is 5.79. The predicted molar refractivity (Wildman–Crippen MR) is 70.5 cm³/mol. The van der Waals surface area contributed by atoms with E-state index in [-0.39, 0.29) is 13.0 Å². The molecule has 116 valence electrons. The van der Waals surface area contributed by atoms with Crippen LogP contribution in [0.1, 0.15) is 33.1 Å². The smallest absolute Gasteiger partial charge is 0.407 e. The topological polar surface area (TPSA) is 114 Å². The van der Waals surface area contributed by atoms with E-state index in [0.717, 1.165) is 0 Å². The van der Waals surface area contributed by atoms with E-state index in [1.807, 2.05) is 0 Å². The summed E-state index contributed by atoms with van der Waals surface area (Å²) >= 11 is 0. The van der Waals surface area contributed by atoms with Crippen LogP contribution >= 0.6 is 0 Å². The Kier molecular flexibility index (Phi) is 9.81. The zero-order valence-corrected chi connectivity index (χ0v) is 11.8. The van der Waals surface area contributed by atoms with Crippen LogP contribution in [0.5, 0.6) is 0 Å². The molecule has 0 aromatic carbocycles. The van der Waals surface area contributed by atoms with Crippen molar-refractivity contribution in [2.24, 2.45) is 0 Å². The lowest BCUT2D eigenvalue weighted by molar-refractivity contribution is -0.139. The highest BCUT2D eigenvalue weighted by Gasteiger charge is 2.19. The number of aliphatic carboxylic acids is 1. The summed E-state index contributed by atoms with van der Waals surface area (Å²) < 4.78 is 9.29. The quantitative estimate of drug-likeness (QED) is 0.548. The van der Waals surface area contributed by atoms with Crippen molar-refractivity contribution in [3.8, 4) is 0 Å². The molecule has 2 amide bonds. The van der Waals surface area contributed by atoms with Gasteiger partial charge in [0.05, 0.1) is 13.2 Å². The summed E-state index contributed by atoms with van der Waals surface area (Å²) in [6.45, 7) is 4.22. The summed E-state index contributed by atoms with van der Waals surface area (Å²) in [7, 11) is 0. The van der Waals surface area contributed by atoms with Crippen molar-refractivity contribution in [1.82, 2.24) is 10.6 Å². The summed E-state index contributed by atoms with van der Waals surface area (Å²) in [5.74, 6) is -1.11. The highest BCUT2D eigenvalue weighted by atomic mass is 16.6. The standard InChI is InChI=1S/C12H22N2O6/c1-3-19-11(17)13-8-6-5-7-9(10(15)16)14-12(18)20-4-2/h9H,3-8H2,1-2H3,(H,13,17)(H,14,18)(H,15,16). The minimum Gasteiger partial charge on any atom is -0.480 e. The van der Waals surface area contributed by atoms with Gasteiger partial charge in [0.2, 0.25) is 0 Å². The molecule has 8 heteroatoms. The lowest BCUT2D eigenvalue weighted by Gasteiger charge is -2.14. The Morgan fingerprint density at radius 2 is 1.65 bits per heavy atom. The second-order valence-corrected chi connectivity index (χ2v) is 3.90. The van der Waals surface area contributed by atoms with Crippen LogP contribution in [-0.2, 0) is 14.3 Å². The van der Waals surface area contributed by atoms with Crippen LogP contribution in [0.15, 0.2) is 0 Å². The summed E-state index contributed by atoms with van der Waals surface area (Å²) in [5.41, 5.74) is 0. The summed E-state index contributed by atoms with van der Waals surface area (Å²) in [6.07, 6.45) is 0.151. The molecule has 0 aromatic rings. The average Bonchev–Trinajstić information content (AvgIpc) is 2.37. The van der Waals surface area contributed by atoms with Crippen LogP contribution in [0, 0.1) is 0 Å². The van der Waals surface area contributed by atoms with Gasteiger partial charge in [0.25, 0.3) is 0 Å². The number of carboxylic acids is 1. The van der Waals surface area contributed by atoms with E-state index >= 15 is 0 Å². The minimum absolute atomic E-state index is 0.182. The SMILES string of the molecule is CCOC(=O)NCCCCC(NC(=O)OCC)C(=O)O. The van der Waals surface area contributed by atoms with Gasteiger partial charge in [0.15, 0.2) is 0 Å². The van der Waals surface area contributed by atoms with E-state index in [2.05, 4.69) is 20.1 Å². The van der Waals surface area contributed by atoms with Gasteiger partial charge in [0, 0.05) is 6.54 Å². The Bertz CT molecular complexity index is 321. The van der Waals surface area contributed by atoms with Gasteiger partial charge in [-0.15, -0.1) is 0 Å². The first kappa shape index (κ1) is 18.0. The number of amides is 2. The molecule has 0 aromatic heterocycles. The molecule has 0 heterocycles. The van der Waals surface area contributed by atoms with Crippen molar-refractivity contribution in [1.29, 1.82) is 0 Å². The van der Waals surface area contributed by atoms with Crippen LogP contribution in [-0.4, -0.2) is 49.1 Å². The maximum absolute atomic E-state index is 11.1. The molecule has 0 rings (SSSR count). The summed E-state index contributed by atoms with van der Waals surface area (Å²) in [4.78, 5) is 33.0. The van der Waals surface area contributed by atoms with Gasteiger partial charge >= 0.3 is 18.2 Å². The lowest BCUT2D eigenvalue weighted by atomic mass is 10.1. The van der Waals surface area contributed by atoms with E-state index in [1.54, 1.807) is 13.8 Å². The number of hydrogen-bond donors (Lipinski definition) is 3. The Balaban J connectivity index is 3.84. The second-order valence-electron chi connectivity index (χ2n) is 3.90. The van der Waals surface area contributed by atoms with Gasteiger partial charge in [-0.1, -0.05) is 0 Å². The molecule has 0 spiro atoms. The molecule has 0 aliphatic heterocycles. The zero-order chi connectivity index (χ0) is 15.4. The molecule has 8 nitrogen and oxygen atoms in total. The third-order valence-electron chi connectivity index (χ3n) is 2.33. The molecule has 1 unspecified atom stereocenters. The maximum Gasteiger partial charge on any atom is 0.407 e. The van der Waals surface area contributed by atoms with Gasteiger partial charge < -0.3 is 25.2 Å². The molecule has 20 heavy (non-hydrogen) atoms.